The second-order valence-corrected chi connectivity index (χ2v) is 5.04. The van der Waals surface area contributed by atoms with E-state index in [2.05, 4.69) is 6.58 Å². The van der Waals surface area contributed by atoms with Gasteiger partial charge in [-0.15, -0.1) is 6.58 Å². The van der Waals surface area contributed by atoms with Gasteiger partial charge in [0.2, 0.25) is 5.88 Å². The molecule has 0 radical (unpaired) electrons. The predicted octanol–water partition coefficient (Wildman–Crippen LogP) is 1.98. The van der Waals surface area contributed by atoms with E-state index in [9.17, 15) is 19.5 Å². The third-order valence-electron chi connectivity index (χ3n) is 3.03. The van der Waals surface area contributed by atoms with E-state index in [-0.39, 0.29) is 6.54 Å². The third kappa shape index (κ3) is 3.67. The van der Waals surface area contributed by atoms with Gasteiger partial charge in [0.05, 0.1) is 0 Å². The molecule has 0 atom stereocenters. The molecule has 0 spiro atoms. The molecule has 0 amide bonds. The Bertz CT molecular complexity index is 892. The van der Waals surface area contributed by atoms with Crippen molar-refractivity contribution in [3.8, 4) is 5.88 Å². The molecular formula is C16H13ClN2O4. The van der Waals surface area contributed by atoms with Gasteiger partial charge in [0, 0.05) is 11.6 Å². The number of H-pyrrole nitrogens is 1. The van der Waals surface area contributed by atoms with Crippen molar-refractivity contribution in [2.24, 2.45) is 0 Å². The molecule has 0 bridgehead atoms. The molecule has 2 rings (SSSR count). The number of aromatic hydroxyl groups is 1. The maximum absolute atomic E-state index is 12.2. The molecule has 7 heteroatoms. The molecule has 0 unspecified atom stereocenters. The number of nitrogens with zero attached hydrogens (tertiary/aromatic N) is 1. The molecule has 1 aromatic carbocycles. The van der Waals surface area contributed by atoms with Crippen LogP contribution in [0.4, 0.5) is 0 Å². The minimum Gasteiger partial charge on any atom is -0.494 e. The van der Waals surface area contributed by atoms with Gasteiger partial charge >= 0.3 is 5.69 Å². The summed E-state index contributed by atoms with van der Waals surface area (Å²) < 4.78 is 0.845. The Hall–Kier alpha value is -2.86. The maximum atomic E-state index is 12.2. The Labute approximate surface area is 136 Å². The lowest BCUT2D eigenvalue weighted by Gasteiger charge is -2.07. The lowest BCUT2D eigenvalue weighted by atomic mass is 10.1. The monoisotopic (exact) mass is 332 g/mol. The number of halogens is 1. The molecule has 1 aromatic heterocycles. The summed E-state index contributed by atoms with van der Waals surface area (Å²) in [5, 5.41) is 10.6. The number of benzene rings is 1. The van der Waals surface area contributed by atoms with E-state index in [0.29, 0.717) is 10.6 Å². The van der Waals surface area contributed by atoms with Gasteiger partial charge in [-0.1, -0.05) is 35.9 Å². The number of allylic oxidation sites excluding steroid dienone is 2. The van der Waals surface area contributed by atoms with Crippen molar-refractivity contribution in [3.05, 3.63) is 80.0 Å². The molecule has 0 saturated carbocycles. The van der Waals surface area contributed by atoms with Gasteiger partial charge in [-0.2, -0.15) is 0 Å². The highest BCUT2D eigenvalue weighted by Gasteiger charge is 2.18. The van der Waals surface area contributed by atoms with E-state index >= 15 is 0 Å². The van der Waals surface area contributed by atoms with Gasteiger partial charge in [0.25, 0.3) is 5.56 Å². The highest BCUT2D eigenvalue weighted by Crippen LogP contribution is 2.14. The second kappa shape index (κ2) is 6.93. The minimum absolute atomic E-state index is 0.0391. The third-order valence-corrected chi connectivity index (χ3v) is 3.28. The van der Waals surface area contributed by atoms with Crippen LogP contribution in [-0.4, -0.2) is 20.4 Å². The van der Waals surface area contributed by atoms with E-state index in [0.717, 1.165) is 10.6 Å². The van der Waals surface area contributed by atoms with Gasteiger partial charge in [-0.25, -0.2) is 4.79 Å². The van der Waals surface area contributed by atoms with Gasteiger partial charge in [0.15, 0.2) is 5.78 Å². The van der Waals surface area contributed by atoms with Crippen LogP contribution in [0.3, 0.4) is 0 Å². The Balaban J connectivity index is 2.41. The number of ketones is 1. The molecular weight excluding hydrogens is 320 g/mol. The number of nitrogens with one attached hydrogen (secondary N) is 1. The van der Waals surface area contributed by atoms with Crippen LogP contribution >= 0.6 is 11.6 Å². The zero-order chi connectivity index (χ0) is 17.0. The normalized spacial score (nSPS) is 10.8. The summed E-state index contributed by atoms with van der Waals surface area (Å²) in [5.74, 6) is -1.42. The van der Waals surface area contributed by atoms with Crippen LogP contribution in [-0.2, 0) is 6.54 Å². The topological polar surface area (TPSA) is 92.2 Å². The largest absolute Gasteiger partial charge is 0.494 e. The first-order valence-electron chi connectivity index (χ1n) is 6.59. The van der Waals surface area contributed by atoms with Crippen LogP contribution < -0.4 is 11.2 Å². The molecule has 23 heavy (non-hydrogen) atoms. The number of hydrogen-bond donors (Lipinski definition) is 2. The second-order valence-electron chi connectivity index (χ2n) is 4.61. The standard InChI is InChI=1S/C16H13ClN2O4/c1-2-9-19-15(22)13(14(21)18-16(19)23)12(20)8-5-10-3-6-11(17)7-4-10/h2-8,22H,1,9H2,(H,18,21,23)/b8-5+. The first kappa shape index (κ1) is 16.5. The van der Waals surface area contributed by atoms with Crippen LogP contribution in [0.2, 0.25) is 5.02 Å². The van der Waals surface area contributed by atoms with Crippen LogP contribution in [0, 0.1) is 0 Å². The summed E-state index contributed by atoms with van der Waals surface area (Å²) in [6.07, 6.45) is 3.97. The van der Waals surface area contributed by atoms with Crippen molar-refractivity contribution >= 4 is 23.5 Å². The molecule has 118 valence electrons. The Morgan fingerprint density at radius 3 is 2.57 bits per heavy atom. The average molecular weight is 333 g/mol. The summed E-state index contributed by atoms with van der Waals surface area (Å²) in [6, 6.07) is 6.68. The van der Waals surface area contributed by atoms with E-state index in [1.54, 1.807) is 24.3 Å². The number of hydrogen-bond acceptors (Lipinski definition) is 4. The van der Waals surface area contributed by atoms with Crippen molar-refractivity contribution in [1.82, 2.24) is 9.55 Å². The molecule has 0 aliphatic carbocycles. The summed E-state index contributed by atoms with van der Waals surface area (Å²) in [4.78, 5) is 37.5. The molecule has 0 saturated heterocycles. The van der Waals surface area contributed by atoms with Crippen molar-refractivity contribution in [3.63, 3.8) is 0 Å². The van der Waals surface area contributed by atoms with Crippen LogP contribution in [0.1, 0.15) is 15.9 Å². The quantitative estimate of drug-likeness (QED) is 0.497. The number of rotatable bonds is 5. The molecule has 0 aliphatic heterocycles. The van der Waals surface area contributed by atoms with Crippen LogP contribution in [0.5, 0.6) is 5.88 Å². The Morgan fingerprint density at radius 2 is 1.96 bits per heavy atom. The number of aromatic nitrogens is 2. The van der Waals surface area contributed by atoms with E-state index in [1.807, 2.05) is 4.98 Å². The Morgan fingerprint density at radius 1 is 1.30 bits per heavy atom. The van der Waals surface area contributed by atoms with Crippen molar-refractivity contribution < 1.29 is 9.90 Å². The number of carbonyl (C=O) groups is 1. The smallest absolute Gasteiger partial charge is 0.331 e. The highest BCUT2D eigenvalue weighted by molar-refractivity contribution is 6.30. The van der Waals surface area contributed by atoms with Crippen molar-refractivity contribution in [2.75, 3.05) is 0 Å². The molecule has 0 aliphatic rings. The first-order chi connectivity index (χ1) is 10.9. The maximum Gasteiger partial charge on any atom is 0.331 e. The van der Waals surface area contributed by atoms with Gasteiger partial charge in [-0.05, 0) is 23.8 Å². The molecule has 6 nitrogen and oxygen atoms in total. The van der Waals surface area contributed by atoms with Crippen molar-refractivity contribution in [1.29, 1.82) is 0 Å². The molecule has 2 aromatic rings. The predicted molar refractivity (Wildman–Crippen MR) is 88.0 cm³/mol. The lowest BCUT2D eigenvalue weighted by molar-refractivity contribution is 0.104. The van der Waals surface area contributed by atoms with E-state index < -0.39 is 28.5 Å². The summed E-state index contributed by atoms with van der Waals surface area (Å²) in [5.41, 5.74) is -1.57. The van der Waals surface area contributed by atoms with E-state index in [1.165, 1.54) is 12.2 Å². The average Bonchev–Trinajstić information content (AvgIpc) is 2.50. The summed E-state index contributed by atoms with van der Waals surface area (Å²) in [6.45, 7) is 3.41. The lowest BCUT2D eigenvalue weighted by Crippen LogP contribution is -2.33. The molecule has 1 heterocycles. The number of aromatic amines is 1. The van der Waals surface area contributed by atoms with Crippen molar-refractivity contribution in [2.45, 2.75) is 6.54 Å². The first-order valence-corrected chi connectivity index (χ1v) is 6.96. The fourth-order valence-electron chi connectivity index (χ4n) is 1.91. The fraction of sp³-hybridized carbons (Fsp3) is 0.0625. The fourth-order valence-corrected chi connectivity index (χ4v) is 2.04. The van der Waals surface area contributed by atoms with Crippen LogP contribution in [0.15, 0.2) is 52.6 Å². The van der Waals surface area contributed by atoms with Gasteiger partial charge < -0.3 is 5.11 Å². The minimum atomic E-state index is -0.946. The van der Waals surface area contributed by atoms with Gasteiger partial charge in [-0.3, -0.25) is 19.1 Å². The van der Waals surface area contributed by atoms with Gasteiger partial charge in [0.1, 0.15) is 5.56 Å². The zero-order valence-corrected chi connectivity index (χ0v) is 12.7. The molecule has 0 fully saturated rings. The summed E-state index contributed by atoms with van der Waals surface area (Å²) in [7, 11) is 0. The number of carbonyl (C=O) groups excluding carboxylic acids is 1. The van der Waals surface area contributed by atoms with Crippen LogP contribution in [0.25, 0.3) is 6.08 Å². The Kier molecular flexibility index (Phi) is 4.98. The SMILES string of the molecule is C=CCn1c(O)c(C(=O)/C=C/c2ccc(Cl)cc2)c(=O)[nH]c1=O. The highest BCUT2D eigenvalue weighted by atomic mass is 35.5. The summed E-state index contributed by atoms with van der Waals surface area (Å²) >= 11 is 5.76. The zero-order valence-electron chi connectivity index (χ0n) is 12.0. The molecule has 2 N–H and O–H groups in total. The van der Waals surface area contributed by atoms with E-state index in [4.69, 9.17) is 11.6 Å².